The van der Waals surface area contributed by atoms with E-state index in [9.17, 15) is 4.79 Å². The van der Waals surface area contributed by atoms with Crippen molar-refractivity contribution in [2.24, 2.45) is 5.92 Å². The van der Waals surface area contributed by atoms with Gasteiger partial charge in [0.15, 0.2) is 0 Å². The Hall–Kier alpha value is -2.23. The Morgan fingerprint density at radius 2 is 2.30 bits per heavy atom. The molecular weight excluding hydrogens is 254 g/mol. The lowest BCUT2D eigenvalue weighted by Gasteiger charge is -2.07. The highest BCUT2D eigenvalue weighted by Gasteiger charge is 2.45. The highest BCUT2D eigenvalue weighted by atomic mass is 16.5. The second kappa shape index (κ2) is 5.41. The molecule has 0 saturated heterocycles. The first kappa shape index (κ1) is 12.8. The molecule has 1 aliphatic rings. The van der Waals surface area contributed by atoms with Gasteiger partial charge in [-0.25, -0.2) is 0 Å². The minimum absolute atomic E-state index is 0.0110. The fourth-order valence-corrected chi connectivity index (χ4v) is 2.37. The van der Waals surface area contributed by atoms with Crippen LogP contribution in [0.5, 0.6) is 5.75 Å². The van der Waals surface area contributed by atoms with E-state index in [1.807, 2.05) is 43.3 Å². The van der Waals surface area contributed by atoms with Gasteiger partial charge in [0.05, 0.1) is 12.9 Å². The monoisotopic (exact) mass is 271 g/mol. The van der Waals surface area contributed by atoms with Crippen molar-refractivity contribution in [3.05, 3.63) is 48.4 Å². The molecule has 1 heterocycles. The smallest absolute Gasteiger partial charge is 0.228 e. The van der Waals surface area contributed by atoms with E-state index in [1.165, 1.54) is 0 Å². The SMILES string of the molecule is CCOc1cccc(NC(=O)C2CC2c2ccco2)c1. The lowest BCUT2D eigenvalue weighted by Crippen LogP contribution is -2.14. The van der Waals surface area contributed by atoms with Crippen LogP contribution in [0.4, 0.5) is 5.69 Å². The maximum absolute atomic E-state index is 12.2. The number of furan rings is 1. The molecule has 2 aromatic rings. The number of rotatable bonds is 5. The second-order valence-corrected chi connectivity index (χ2v) is 4.91. The molecule has 1 fully saturated rings. The number of carbonyl (C=O) groups excluding carboxylic acids is 1. The van der Waals surface area contributed by atoms with E-state index in [0.717, 1.165) is 23.6 Å². The molecule has 3 rings (SSSR count). The predicted octanol–water partition coefficient (Wildman–Crippen LogP) is 3.42. The van der Waals surface area contributed by atoms with Crippen molar-refractivity contribution in [1.29, 1.82) is 0 Å². The summed E-state index contributed by atoms with van der Waals surface area (Å²) in [6.45, 7) is 2.55. The van der Waals surface area contributed by atoms with E-state index in [0.29, 0.717) is 6.61 Å². The fraction of sp³-hybridized carbons (Fsp3) is 0.312. The minimum atomic E-state index is 0.0110. The van der Waals surface area contributed by atoms with Gasteiger partial charge < -0.3 is 14.5 Å². The van der Waals surface area contributed by atoms with Gasteiger partial charge in [-0.2, -0.15) is 0 Å². The summed E-state index contributed by atoms with van der Waals surface area (Å²) in [5.74, 6) is 1.94. The molecule has 0 spiro atoms. The molecule has 0 bridgehead atoms. The van der Waals surface area contributed by atoms with Crippen LogP contribution in [-0.4, -0.2) is 12.5 Å². The average Bonchev–Trinajstić information content (AvgIpc) is 3.06. The van der Waals surface area contributed by atoms with Crippen LogP contribution in [0.15, 0.2) is 47.1 Å². The van der Waals surface area contributed by atoms with Gasteiger partial charge in [0.25, 0.3) is 0 Å². The minimum Gasteiger partial charge on any atom is -0.494 e. The summed E-state index contributed by atoms with van der Waals surface area (Å²) in [4.78, 5) is 12.2. The first-order valence-electron chi connectivity index (χ1n) is 6.85. The summed E-state index contributed by atoms with van der Waals surface area (Å²) < 4.78 is 10.8. The summed E-state index contributed by atoms with van der Waals surface area (Å²) in [5, 5.41) is 2.93. The Morgan fingerprint density at radius 3 is 3.05 bits per heavy atom. The maximum Gasteiger partial charge on any atom is 0.228 e. The van der Waals surface area contributed by atoms with Gasteiger partial charge >= 0.3 is 0 Å². The van der Waals surface area contributed by atoms with Gasteiger partial charge in [0.1, 0.15) is 11.5 Å². The summed E-state index contributed by atoms with van der Waals surface area (Å²) in [7, 11) is 0. The van der Waals surface area contributed by atoms with Crippen LogP contribution < -0.4 is 10.1 Å². The number of nitrogens with one attached hydrogen (secondary N) is 1. The quantitative estimate of drug-likeness (QED) is 0.906. The molecule has 104 valence electrons. The topological polar surface area (TPSA) is 51.5 Å². The van der Waals surface area contributed by atoms with Crippen molar-refractivity contribution in [3.8, 4) is 5.75 Å². The molecule has 0 aliphatic heterocycles. The lowest BCUT2D eigenvalue weighted by molar-refractivity contribution is -0.117. The molecule has 20 heavy (non-hydrogen) atoms. The van der Waals surface area contributed by atoms with Crippen molar-refractivity contribution in [2.75, 3.05) is 11.9 Å². The van der Waals surface area contributed by atoms with Crippen molar-refractivity contribution in [2.45, 2.75) is 19.3 Å². The lowest BCUT2D eigenvalue weighted by atomic mass is 10.2. The number of ether oxygens (including phenoxy) is 1. The molecule has 1 saturated carbocycles. The van der Waals surface area contributed by atoms with Crippen molar-refractivity contribution in [3.63, 3.8) is 0 Å². The maximum atomic E-state index is 12.2. The van der Waals surface area contributed by atoms with Gasteiger partial charge in [0.2, 0.25) is 5.91 Å². The number of amides is 1. The highest BCUT2D eigenvalue weighted by molar-refractivity contribution is 5.95. The first-order chi connectivity index (χ1) is 9.78. The Bertz CT molecular complexity index is 592. The Kier molecular flexibility index (Phi) is 3.46. The van der Waals surface area contributed by atoms with Crippen LogP contribution in [0.25, 0.3) is 0 Å². The first-order valence-corrected chi connectivity index (χ1v) is 6.85. The molecule has 1 amide bonds. The molecule has 4 nitrogen and oxygen atoms in total. The van der Waals surface area contributed by atoms with E-state index in [-0.39, 0.29) is 17.7 Å². The van der Waals surface area contributed by atoms with Crippen LogP contribution in [0, 0.1) is 5.92 Å². The number of benzene rings is 1. The zero-order valence-electron chi connectivity index (χ0n) is 11.3. The molecule has 4 heteroatoms. The van der Waals surface area contributed by atoms with E-state index >= 15 is 0 Å². The van der Waals surface area contributed by atoms with Crippen LogP contribution in [0.2, 0.25) is 0 Å². The third kappa shape index (κ3) is 2.69. The zero-order valence-corrected chi connectivity index (χ0v) is 11.3. The fourth-order valence-electron chi connectivity index (χ4n) is 2.37. The molecule has 1 aliphatic carbocycles. The molecule has 2 unspecified atom stereocenters. The number of anilines is 1. The summed E-state index contributed by atoms with van der Waals surface area (Å²) in [6.07, 6.45) is 2.50. The van der Waals surface area contributed by atoms with Crippen LogP contribution in [0.3, 0.4) is 0 Å². The Morgan fingerprint density at radius 1 is 1.40 bits per heavy atom. The van der Waals surface area contributed by atoms with E-state index in [1.54, 1.807) is 6.26 Å². The largest absolute Gasteiger partial charge is 0.494 e. The van der Waals surface area contributed by atoms with Crippen LogP contribution in [0.1, 0.15) is 25.0 Å². The number of hydrogen-bond donors (Lipinski definition) is 1. The number of carbonyl (C=O) groups is 1. The van der Waals surface area contributed by atoms with Gasteiger partial charge in [0, 0.05) is 23.6 Å². The van der Waals surface area contributed by atoms with Crippen molar-refractivity contribution >= 4 is 11.6 Å². The normalized spacial score (nSPS) is 20.4. The van der Waals surface area contributed by atoms with Crippen molar-refractivity contribution in [1.82, 2.24) is 0 Å². The van der Waals surface area contributed by atoms with E-state index in [2.05, 4.69) is 5.32 Å². The third-order valence-electron chi connectivity index (χ3n) is 3.45. The van der Waals surface area contributed by atoms with Crippen LogP contribution >= 0.6 is 0 Å². The standard InChI is InChI=1S/C16H17NO3/c1-2-19-12-6-3-5-11(9-12)17-16(18)14-10-13(14)15-7-4-8-20-15/h3-9,13-14H,2,10H2,1H3,(H,17,18). The van der Waals surface area contributed by atoms with Crippen LogP contribution in [-0.2, 0) is 4.79 Å². The molecule has 0 radical (unpaired) electrons. The molecule has 2 atom stereocenters. The highest BCUT2D eigenvalue weighted by Crippen LogP contribution is 2.48. The Balaban J connectivity index is 1.61. The summed E-state index contributed by atoms with van der Waals surface area (Å²) >= 11 is 0. The van der Waals surface area contributed by atoms with Gasteiger partial charge in [-0.3, -0.25) is 4.79 Å². The zero-order chi connectivity index (χ0) is 13.9. The second-order valence-electron chi connectivity index (χ2n) is 4.91. The van der Waals surface area contributed by atoms with Gasteiger partial charge in [-0.1, -0.05) is 6.07 Å². The summed E-state index contributed by atoms with van der Waals surface area (Å²) in [5.41, 5.74) is 0.769. The summed E-state index contributed by atoms with van der Waals surface area (Å²) in [6, 6.07) is 11.2. The Labute approximate surface area is 117 Å². The molecule has 1 aromatic heterocycles. The van der Waals surface area contributed by atoms with Crippen molar-refractivity contribution < 1.29 is 13.9 Å². The molecule has 1 N–H and O–H groups in total. The predicted molar refractivity (Wildman–Crippen MR) is 75.8 cm³/mol. The van der Waals surface area contributed by atoms with E-state index in [4.69, 9.17) is 9.15 Å². The number of hydrogen-bond acceptors (Lipinski definition) is 3. The average molecular weight is 271 g/mol. The van der Waals surface area contributed by atoms with Gasteiger partial charge in [-0.05, 0) is 37.6 Å². The molecular formula is C16H17NO3. The third-order valence-corrected chi connectivity index (χ3v) is 3.45. The molecule has 1 aromatic carbocycles. The van der Waals surface area contributed by atoms with Gasteiger partial charge in [-0.15, -0.1) is 0 Å². The van der Waals surface area contributed by atoms with E-state index < -0.39 is 0 Å².